The molecule has 0 aromatic heterocycles. The largest absolute Gasteiger partial charge is 1.00 e. The van der Waals surface area contributed by atoms with E-state index in [9.17, 15) is 0 Å². The average Bonchev–Trinajstić information content (AvgIpc) is 0.918. The maximum atomic E-state index is 8.58. The van der Waals surface area contributed by atoms with Crippen molar-refractivity contribution < 1.29 is 59.2 Å². The Hall–Kier alpha value is 1.95. The molecule has 0 aliphatic rings. The molecule has 0 aromatic rings. The van der Waals surface area contributed by atoms with E-state index in [1.165, 1.54) is 0 Å². The molecule has 0 aliphatic heterocycles. The van der Waals surface area contributed by atoms with Gasteiger partial charge in [-0.1, -0.05) is 0 Å². The molecule has 4 heavy (non-hydrogen) atoms. The summed E-state index contributed by atoms with van der Waals surface area (Å²) in [7, 11) is 0. The van der Waals surface area contributed by atoms with Gasteiger partial charge in [-0.15, -0.1) is 0 Å². The van der Waals surface area contributed by atoms with Crippen LogP contribution in [0.1, 0.15) is 0 Å². The summed E-state index contributed by atoms with van der Waals surface area (Å²) in [5.74, 6) is 0. The van der Waals surface area contributed by atoms with Gasteiger partial charge in [-0.25, -0.2) is 0 Å². The van der Waals surface area contributed by atoms with Crippen LogP contribution in [0, 0.1) is 0 Å². The molecule has 0 rings (SSSR count). The van der Waals surface area contributed by atoms with Gasteiger partial charge in [-0.3, -0.25) is 0 Å². The fourth-order valence-electron chi connectivity index (χ4n) is 0. The van der Waals surface area contributed by atoms with E-state index in [2.05, 4.69) is 0 Å². The minimum atomic E-state index is -1.56. The summed E-state index contributed by atoms with van der Waals surface area (Å²) in [5.41, 5.74) is 0. The molecule has 0 radical (unpaired) electrons. The van der Waals surface area contributed by atoms with Crippen LogP contribution in [0.2, 0.25) is 0 Å². The van der Waals surface area contributed by atoms with Crippen molar-refractivity contribution in [3.8, 4) is 0 Å². The molecule has 0 saturated carbocycles. The molecule has 0 amide bonds. The van der Waals surface area contributed by atoms with Gasteiger partial charge < -0.3 is 0 Å². The Labute approximate surface area is 73.7 Å². The summed E-state index contributed by atoms with van der Waals surface area (Å²) >= 11 is -1.56. The monoisotopic (exact) mass is 147 g/mol. The molecule has 0 aromatic carbocycles. The van der Waals surface area contributed by atoms with Crippen LogP contribution < -0.4 is 51.4 Å². The fourth-order valence-corrected chi connectivity index (χ4v) is 0. The summed E-state index contributed by atoms with van der Waals surface area (Å²) in [5, 5.41) is 0. The van der Waals surface area contributed by atoms with Crippen molar-refractivity contribution in [2.75, 3.05) is 0 Å². The summed E-state index contributed by atoms with van der Waals surface area (Å²) in [6.07, 6.45) is 0. The molecule has 0 unspecified atom stereocenters. The Bertz CT molecular complexity index is 13.5. The molecule has 0 heterocycles. The van der Waals surface area contributed by atoms with Gasteiger partial charge in [0.25, 0.3) is 0 Å². The Balaban J connectivity index is 0. The van der Waals surface area contributed by atoms with Gasteiger partial charge in [-0.05, 0) is 0 Å². The third kappa shape index (κ3) is 9.04. The second-order valence-corrected chi connectivity index (χ2v) is 0.424. The molecular formula is HAsKO2+. The van der Waals surface area contributed by atoms with Crippen LogP contribution in [0.25, 0.3) is 0 Å². The van der Waals surface area contributed by atoms with Gasteiger partial charge in [0.15, 0.2) is 0 Å². The Morgan fingerprint density at radius 1 is 1.75 bits per heavy atom. The van der Waals surface area contributed by atoms with Crippen molar-refractivity contribution in [3.05, 3.63) is 0 Å². The van der Waals surface area contributed by atoms with E-state index in [-0.39, 0.29) is 51.4 Å². The van der Waals surface area contributed by atoms with E-state index < -0.39 is 16.0 Å². The SMILES string of the molecule is O=[As]O.[K+]. The van der Waals surface area contributed by atoms with E-state index in [1.54, 1.807) is 0 Å². The van der Waals surface area contributed by atoms with Crippen molar-refractivity contribution in [3.63, 3.8) is 0 Å². The molecule has 0 spiro atoms. The third-order valence-corrected chi connectivity index (χ3v) is 0. The quantitative estimate of drug-likeness (QED) is 0.354. The summed E-state index contributed by atoms with van der Waals surface area (Å²) in [4.78, 5) is 0. The van der Waals surface area contributed by atoms with Gasteiger partial charge >= 0.3 is 75.3 Å². The molecule has 4 heteroatoms. The van der Waals surface area contributed by atoms with Crippen LogP contribution in [0.3, 0.4) is 0 Å². The summed E-state index contributed by atoms with van der Waals surface area (Å²) in [6.45, 7) is 0. The van der Waals surface area contributed by atoms with Gasteiger partial charge in [0, 0.05) is 0 Å². The van der Waals surface area contributed by atoms with Crippen LogP contribution >= 0.6 is 0 Å². The number of hydrogen-bond acceptors (Lipinski definition) is 1. The van der Waals surface area contributed by atoms with Crippen LogP contribution in [0.15, 0.2) is 0 Å². The predicted molar refractivity (Wildman–Crippen MR) is 8.66 cm³/mol. The first-order valence-corrected chi connectivity index (χ1v) is 1.99. The zero-order valence-corrected chi connectivity index (χ0v) is 7.30. The second kappa shape index (κ2) is 8.88. The first-order chi connectivity index (χ1) is 1.41. The minimum Gasteiger partial charge on any atom is 1.00 e. The van der Waals surface area contributed by atoms with Crippen LogP contribution in [0.5, 0.6) is 0 Å². The molecule has 0 aliphatic carbocycles. The first kappa shape index (κ1) is 9.35. The molecule has 0 bridgehead atoms. The van der Waals surface area contributed by atoms with E-state index in [0.717, 1.165) is 0 Å². The van der Waals surface area contributed by atoms with Gasteiger partial charge in [0.05, 0.1) is 0 Å². The maximum absolute atomic E-state index is 8.58. The van der Waals surface area contributed by atoms with Crippen molar-refractivity contribution in [1.29, 1.82) is 0 Å². The molecular weight excluding hydrogens is 146 g/mol. The van der Waals surface area contributed by atoms with E-state index in [0.29, 0.717) is 0 Å². The minimum absolute atomic E-state index is 0. The Morgan fingerprint density at radius 2 is 1.75 bits per heavy atom. The van der Waals surface area contributed by atoms with Crippen LogP contribution in [-0.2, 0) is 3.74 Å². The molecule has 18 valence electrons. The van der Waals surface area contributed by atoms with E-state index in [1.807, 2.05) is 0 Å². The summed E-state index contributed by atoms with van der Waals surface area (Å²) in [6, 6.07) is 0. The van der Waals surface area contributed by atoms with Crippen molar-refractivity contribution in [2.45, 2.75) is 0 Å². The summed E-state index contributed by atoms with van der Waals surface area (Å²) < 4.78 is 15.7. The average molecular weight is 147 g/mol. The van der Waals surface area contributed by atoms with E-state index >= 15 is 0 Å². The standard InChI is InChI=1S/AsHO2.K/c2-1-3;/h(H,2,3);/q;+1. The zero-order chi connectivity index (χ0) is 2.71. The second-order valence-electron chi connectivity index (χ2n) is 0.0816. The topological polar surface area (TPSA) is 37.3 Å². The Kier molecular flexibility index (Phi) is 20.7. The molecule has 0 atom stereocenters. The van der Waals surface area contributed by atoms with Crippen molar-refractivity contribution in [2.24, 2.45) is 0 Å². The molecule has 0 saturated heterocycles. The third-order valence-electron chi connectivity index (χ3n) is 0. The van der Waals surface area contributed by atoms with Crippen LogP contribution in [-0.4, -0.2) is 20.1 Å². The molecule has 0 fully saturated rings. The van der Waals surface area contributed by atoms with Gasteiger partial charge in [0.2, 0.25) is 0 Å². The van der Waals surface area contributed by atoms with Crippen molar-refractivity contribution >= 4 is 16.0 Å². The van der Waals surface area contributed by atoms with E-state index in [4.69, 9.17) is 7.84 Å². The first-order valence-electron chi connectivity index (χ1n) is 0.383. The number of rotatable bonds is 0. The maximum Gasteiger partial charge on any atom is 1.00 e. The molecule has 2 nitrogen and oxygen atoms in total. The van der Waals surface area contributed by atoms with Crippen molar-refractivity contribution in [1.82, 2.24) is 0 Å². The fraction of sp³-hybridized carbons (Fsp3) is 0. The predicted octanol–water partition coefficient (Wildman–Crippen LogP) is -4.05. The number of hydrogen-bond donors (Lipinski definition) is 1. The molecule has 1 N–H and O–H groups in total. The van der Waals surface area contributed by atoms with Gasteiger partial charge in [-0.2, -0.15) is 0 Å². The smallest absolute Gasteiger partial charge is 1.00 e. The van der Waals surface area contributed by atoms with Gasteiger partial charge in [0.1, 0.15) is 0 Å². The van der Waals surface area contributed by atoms with Crippen LogP contribution in [0.4, 0.5) is 0 Å². The normalized spacial score (nSPS) is 5.25. The zero-order valence-electron chi connectivity index (χ0n) is 2.30. The Morgan fingerprint density at radius 3 is 1.75 bits per heavy atom.